The number of likely N-dealkylation sites (tertiary alicyclic amines) is 1. The number of ether oxygens (including phenoxy) is 1. The first-order chi connectivity index (χ1) is 9.58. The molecular weight excluding hydrogens is 257 g/mol. The molecule has 1 aliphatic rings. The Balaban J connectivity index is 1.90. The highest BCUT2D eigenvalue weighted by Crippen LogP contribution is 2.26. The Morgan fingerprint density at radius 1 is 1.45 bits per heavy atom. The molecular formula is C16H24FNO2. The van der Waals surface area contributed by atoms with Gasteiger partial charge in [-0.3, -0.25) is 0 Å². The summed E-state index contributed by atoms with van der Waals surface area (Å²) >= 11 is 0. The van der Waals surface area contributed by atoms with Gasteiger partial charge in [0.05, 0.1) is 12.7 Å². The summed E-state index contributed by atoms with van der Waals surface area (Å²) in [5.41, 5.74) is 0.516. The van der Waals surface area contributed by atoms with Crippen molar-refractivity contribution < 1.29 is 14.2 Å². The van der Waals surface area contributed by atoms with Gasteiger partial charge in [-0.05, 0) is 58.0 Å². The zero-order valence-electron chi connectivity index (χ0n) is 12.3. The van der Waals surface area contributed by atoms with E-state index in [1.165, 1.54) is 31.4 Å². The van der Waals surface area contributed by atoms with Crippen molar-refractivity contribution in [2.75, 3.05) is 20.2 Å². The number of hydrogen-bond donors (Lipinski definition) is 1. The van der Waals surface area contributed by atoms with Crippen LogP contribution in [0.1, 0.15) is 44.3 Å². The summed E-state index contributed by atoms with van der Waals surface area (Å²) in [6, 6.07) is 4.88. The Hall–Kier alpha value is -1.13. The highest BCUT2D eigenvalue weighted by molar-refractivity contribution is 5.35. The third kappa shape index (κ3) is 3.93. The van der Waals surface area contributed by atoms with Crippen LogP contribution in [0.5, 0.6) is 5.75 Å². The van der Waals surface area contributed by atoms with E-state index < -0.39 is 6.10 Å². The van der Waals surface area contributed by atoms with Gasteiger partial charge in [-0.25, -0.2) is 4.39 Å². The Morgan fingerprint density at radius 3 is 2.95 bits per heavy atom. The largest absolute Gasteiger partial charge is 0.493 e. The van der Waals surface area contributed by atoms with Crippen LogP contribution in [-0.4, -0.2) is 36.2 Å². The number of rotatable bonds is 5. The number of hydrogen-bond acceptors (Lipinski definition) is 3. The van der Waals surface area contributed by atoms with Crippen molar-refractivity contribution in [1.29, 1.82) is 0 Å². The van der Waals surface area contributed by atoms with Gasteiger partial charge in [0.25, 0.3) is 0 Å². The molecule has 0 bridgehead atoms. The average molecular weight is 281 g/mol. The van der Waals surface area contributed by atoms with E-state index in [1.54, 1.807) is 13.0 Å². The first-order valence-corrected chi connectivity index (χ1v) is 7.38. The summed E-state index contributed by atoms with van der Waals surface area (Å²) in [6.07, 6.45) is 4.01. The van der Waals surface area contributed by atoms with Crippen LogP contribution in [0.3, 0.4) is 0 Å². The standard InChI is InChI=1S/C16H24FNO2/c1-12(19)15-11-13(17)6-7-16(15)20-10-8-14-5-3-4-9-18(14)2/h6-7,11-12,14,19H,3-5,8-10H2,1-2H3/t12-,14?/m0/s1. The Labute approximate surface area is 120 Å². The first kappa shape index (κ1) is 15.3. The van der Waals surface area contributed by atoms with Crippen molar-refractivity contribution in [3.05, 3.63) is 29.6 Å². The molecule has 1 N–H and O–H groups in total. The molecule has 1 fully saturated rings. The normalized spacial score (nSPS) is 21.7. The lowest BCUT2D eigenvalue weighted by Gasteiger charge is -2.32. The second-order valence-corrected chi connectivity index (χ2v) is 5.63. The molecule has 0 saturated carbocycles. The van der Waals surface area contributed by atoms with Crippen LogP contribution in [0.2, 0.25) is 0 Å². The van der Waals surface area contributed by atoms with E-state index in [1.807, 2.05) is 0 Å². The molecule has 1 aromatic carbocycles. The van der Waals surface area contributed by atoms with Crippen molar-refractivity contribution >= 4 is 0 Å². The summed E-state index contributed by atoms with van der Waals surface area (Å²) in [6.45, 7) is 3.37. The van der Waals surface area contributed by atoms with Gasteiger partial charge < -0.3 is 14.7 Å². The highest BCUT2D eigenvalue weighted by Gasteiger charge is 2.19. The molecule has 1 saturated heterocycles. The summed E-state index contributed by atoms with van der Waals surface area (Å²) in [5.74, 6) is 0.236. The van der Waals surface area contributed by atoms with Gasteiger partial charge in [-0.2, -0.15) is 0 Å². The van der Waals surface area contributed by atoms with Crippen molar-refractivity contribution in [2.45, 2.75) is 44.8 Å². The van der Waals surface area contributed by atoms with E-state index in [9.17, 15) is 9.50 Å². The monoisotopic (exact) mass is 281 g/mol. The highest BCUT2D eigenvalue weighted by atomic mass is 19.1. The van der Waals surface area contributed by atoms with Crippen molar-refractivity contribution in [2.24, 2.45) is 0 Å². The predicted octanol–water partition coefficient (Wildman–Crippen LogP) is 3.13. The fraction of sp³-hybridized carbons (Fsp3) is 0.625. The summed E-state index contributed by atoms with van der Waals surface area (Å²) in [4.78, 5) is 2.38. The second-order valence-electron chi connectivity index (χ2n) is 5.63. The number of aliphatic hydroxyl groups excluding tert-OH is 1. The maximum absolute atomic E-state index is 13.2. The molecule has 0 aliphatic carbocycles. The lowest BCUT2D eigenvalue weighted by molar-refractivity contribution is 0.149. The van der Waals surface area contributed by atoms with E-state index in [0.717, 1.165) is 13.0 Å². The van der Waals surface area contributed by atoms with Crippen LogP contribution in [0.4, 0.5) is 4.39 Å². The molecule has 2 atom stereocenters. The summed E-state index contributed by atoms with van der Waals surface area (Å²) < 4.78 is 18.9. The number of nitrogens with zero attached hydrogens (tertiary/aromatic N) is 1. The molecule has 3 nitrogen and oxygen atoms in total. The van der Waals surface area contributed by atoms with Gasteiger partial charge in [-0.15, -0.1) is 0 Å². The number of piperidine rings is 1. The number of aliphatic hydroxyl groups is 1. The topological polar surface area (TPSA) is 32.7 Å². The first-order valence-electron chi connectivity index (χ1n) is 7.38. The lowest BCUT2D eigenvalue weighted by Crippen LogP contribution is -2.37. The minimum Gasteiger partial charge on any atom is -0.493 e. The van der Waals surface area contributed by atoms with Crippen LogP contribution >= 0.6 is 0 Å². The molecule has 0 radical (unpaired) electrons. The van der Waals surface area contributed by atoms with Gasteiger partial charge in [0.1, 0.15) is 11.6 Å². The third-order valence-electron chi connectivity index (χ3n) is 4.05. The fourth-order valence-corrected chi connectivity index (χ4v) is 2.79. The van der Waals surface area contributed by atoms with Crippen molar-refractivity contribution in [3.63, 3.8) is 0 Å². The maximum atomic E-state index is 13.2. The maximum Gasteiger partial charge on any atom is 0.125 e. The van der Waals surface area contributed by atoms with Gasteiger partial charge in [-0.1, -0.05) is 6.42 Å². The van der Waals surface area contributed by atoms with E-state index in [-0.39, 0.29) is 5.82 Å². The van der Waals surface area contributed by atoms with E-state index in [0.29, 0.717) is 24.0 Å². The lowest BCUT2D eigenvalue weighted by atomic mass is 10.0. The smallest absolute Gasteiger partial charge is 0.125 e. The molecule has 112 valence electrons. The zero-order chi connectivity index (χ0) is 14.5. The molecule has 1 unspecified atom stereocenters. The number of benzene rings is 1. The minimum atomic E-state index is -0.724. The molecule has 0 aromatic heterocycles. The molecule has 2 rings (SSSR count). The Morgan fingerprint density at radius 2 is 2.25 bits per heavy atom. The molecule has 1 heterocycles. The SMILES string of the molecule is C[C@H](O)c1cc(F)ccc1OCCC1CCCCN1C. The van der Waals surface area contributed by atoms with Gasteiger partial charge >= 0.3 is 0 Å². The molecule has 0 spiro atoms. The van der Waals surface area contributed by atoms with E-state index in [2.05, 4.69) is 11.9 Å². The summed E-state index contributed by atoms with van der Waals surface area (Å²) in [7, 11) is 2.16. The molecule has 4 heteroatoms. The molecule has 0 amide bonds. The van der Waals surface area contributed by atoms with Crippen molar-refractivity contribution in [3.8, 4) is 5.75 Å². The van der Waals surface area contributed by atoms with E-state index in [4.69, 9.17) is 4.74 Å². The zero-order valence-corrected chi connectivity index (χ0v) is 12.3. The molecule has 1 aliphatic heterocycles. The molecule has 20 heavy (non-hydrogen) atoms. The van der Waals surface area contributed by atoms with Crippen LogP contribution in [0.25, 0.3) is 0 Å². The van der Waals surface area contributed by atoms with Crippen LogP contribution in [-0.2, 0) is 0 Å². The van der Waals surface area contributed by atoms with Crippen LogP contribution in [0, 0.1) is 5.82 Å². The Bertz CT molecular complexity index is 436. The fourth-order valence-electron chi connectivity index (χ4n) is 2.79. The van der Waals surface area contributed by atoms with E-state index >= 15 is 0 Å². The van der Waals surface area contributed by atoms with Gasteiger partial charge in [0, 0.05) is 11.6 Å². The molecule has 1 aromatic rings. The second kappa shape index (κ2) is 7.04. The quantitative estimate of drug-likeness (QED) is 0.900. The Kier molecular flexibility index (Phi) is 5.38. The summed E-state index contributed by atoms with van der Waals surface area (Å²) in [5, 5.41) is 9.66. The van der Waals surface area contributed by atoms with Gasteiger partial charge in [0.2, 0.25) is 0 Å². The van der Waals surface area contributed by atoms with Gasteiger partial charge in [0.15, 0.2) is 0 Å². The minimum absolute atomic E-state index is 0.347. The van der Waals surface area contributed by atoms with Crippen LogP contribution < -0.4 is 4.74 Å². The number of halogens is 1. The van der Waals surface area contributed by atoms with Crippen LogP contribution in [0.15, 0.2) is 18.2 Å². The third-order valence-corrected chi connectivity index (χ3v) is 4.05. The predicted molar refractivity (Wildman–Crippen MR) is 77.4 cm³/mol. The average Bonchev–Trinajstić information content (AvgIpc) is 2.42. The van der Waals surface area contributed by atoms with Crippen molar-refractivity contribution in [1.82, 2.24) is 4.90 Å².